The molecule has 0 heterocycles. The van der Waals surface area contributed by atoms with Crippen LogP contribution in [0.15, 0.2) is 0 Å². The van der Waals surface area contributed by atoms with Gasteiger partial charge < -0.3 is 39.9 Å². The number of carbonyl (C=O) groups excluding carboxylic acids is 2. The van der Waals surface area contributed by atoms with Gasteiger partial charge in [0.1, 0.15) is 43.2 Å². The lowest BCUT2D eigenvalue weighted by Crippen LogP contribution is -2.64. The van der Waals surface area contributed by atoms with Gasteiger partial charge in [0, 0.05) is 12.8 Å². The molecule has 56 heavy (non-hydrogen) atoms. The molecule has 0 aromatic heterocycles. The summed E-state index contributed by atoms with van der Waals surface area (Å²) in [5.41, 5.74) is 0. The van der Waals surface area contributed by atoms with Crippen molar-refractivity contribution in [3.8, 4) is 0 Å². The SMILES string of the molecule is CCCCCCCCCCCCCCCCCCCCCCCCCCC(=O)OC(COC(=O)CCCCC)COP(=O)(O)OC1C(O)C(O)C(O)C(O)C1O. The number of phosphoric ester groups is 1. The quantitative estimate of drug-likeness (QED) is 0.0199. The maximum absolute atomic E-state index is 12.7. The number of phosphoric acid groups is 1. The van der Waals surface area contributed by atoms with E-state index in [1.165, 1.54) is 128 Å². The highest BCUT2D eigenvalue weighted by Gasteiger charge is 2.51. The van der Waals surface area contributed by atoms with Gasteiger partial charge in [0.25, 0.3) is 0 Å². The summed E-state index contributed by atoms with van der Waals surface area (Å²) < 4.78 is 33.1. The third-order valence-electron chi connectivity index (χ3n) is 10.7. The number of unbranched alkanes of at least 4 members (excludes halogenated alkanes) is 25. The topological polar surface area (TPSA) is 210 Å². The zero-order chi connectivity index (χ0) is 41.4. The average Bonchev–Trinajstić information content (AvgIpc) is 3.17. The minimum absolute atomic E-state index is 0.103. The Hall–Kier alpha value is -1.15. The van der Waals surface area contributed by atoms with Crippen molar-refractivity contribution in [1.29, 1.82) is 0 Å². The van der Waals surface area contributed by atoms with Crippen molar-refractivity contribution in [2.75, 3.05) is 13.2 Å². The summed E-state index contributed by atoms with van der Waals surface area (Å²) in [7, 11) is -5.09. The Kier molecular flexibility index (Phi) is 31.8. The van der Waals surface area contributed by atoms with Gasteiger partial charge in [-0.1, -0.05) is 174 Å². The van der Waals surface area contributed by atoms with E-state index in [9.17, 15) is 44.6 Å². The van der Waals surface area contributed by atoms with Crippen LogP contribution in [0.25, 0.3) is 0 Å². The summed E-state index contributed by atoms with van der Waals surface area (Å²) in [6.07, 6.45) is 20.1. The van der Waals surface area contributed by atoms with E-state index in [0.29, 0.717) is 12.8 Å². The highest BCUT2D eigenvalue weighted by Crippen LogP contribution is 2.47. The van der Waals surface area contributed by atoms with E-state index in [2.05, 4.69) is 6.92 Å². The van der Waals surface area contributed by atoms with E-state index in [1.54, 1.807) is 0 Å². The fourth-order valence-electron chi connectivity index (χ4n) is 7.05. The molecule has 6 atom stereocenters. The van der Waals surface area contributed by atoms with Crippen LogP contribution >= 0.6 is 7.82 Å². The van der Waals surface area contributed by atoms with Crippen molar-refractivity contribution in [3.05, 3.63) is 0 Å². The third kappa shape index (κ3) is 26.1. The first-order valence-corrected chi connectivity index (χ1v) is 23.8. The molecule has 0 aromatic carbocycles. The van der Waals surface area contributed by atoms with Crippen LogP contribution in [0.3, 0.4) is 0 Å². The van der Waals surface area contributed by atoms with E-state index in [-0.39, 0.29) is 12.8 Å². The van der Waals surface area contributed by atoms with Gasteiger partial charge in [-0.15, -0.1) is 0 Å². The highest BCUT2D eigenvalue weighted by molar-refractivity contribution is 7.47. The van der Waals surface area contributed by atoms with E-state index in [0.717, 1.165) is 32.1 Å². The molecule has 0 aliphatic heterocycles. The van der Waals surface area contributed by atoms with Gasteiger partial charge in [-0.2, -0.15) is 0 Å². The zero-order valence-electron chi connectivity index (χ0n) is 34.9. The normalized spacial score (nSPS) is 22.8. The van der Waals surface area contributed by atoms with Gasteiger partial charge in [0.05, 0.1) is 6.61 Å². The Balaban J connectivity index is 2.21. The molecule has 0 bridgehead atoms. The van der Waals surface area contributed by atoms with Crippen LogP contribution in [0, 0.1) is 0 Å². The molecule has 1 aliphatic rings. The predicted molar refractivity (Wildman–Crippen MR) is 217 cm³/mol. The van der Waals surface area contributed by atoms with Gasteiger partial charge in [-0.05, 0) is 12.8 Å². The molecule has 1 rings (SSSR count). The minimum Gasteiger partial charge on any atom is -0.462 e. The average molecular weight is 825 g/mol. The fourth-order valence-corrected chi connectivity index (χ4v) is 8.03. The summed E-state index contributed by atoms with van der Waals surface area (Å²) in [5, 5.41) is 49.8. The second-order valence-corrected chi connectivity index (χ2v) is 17.3. The molecule has 0 aromatic rings. The minimum atomic E-state index is -5.09. The van der Waals surface area contributed by atoms with E-state index >= 15 is 0 Å². The van der Waals surface area contributed by atoms with Crippen molar-refractivity contribution in [3.63, 3.8) is 0 Å². The number of carbonyl (C=O) groups is 2. The van der Waals surface area contributed by atoms with Crippen molar-refractivity contribution in [2.24, 2.45) is 0 Å². The van der Waals surface area contributed by atoms with Gasteiger partial charge in [-0.3, -0.25) is 18.6 Å². The third-order valence-corrected chi connectivity index (χ3v) is 11.7. The maximum atomic E-state index is 12.7. The Labute approximate surface area is 338 Å². The zero-order valence-corrected chi connectivity index (χ0v) is 35.8. The number of esters is 2. The first-order chi connectivity index (χ1) is 26.9. The Morgan fingerprint density at radius 3 is 1.21 bits per heavy atom. The lowest BCUT2D eigenvalue weighted by Gasteiger charge is -2.41. The van der Waals surface area contributed by atoms with Gasteiger partial charge in [0.2, 0.25) is 0 Å². The molecule has 332 valence electrons. The van der Waals surface area contributed by atoms with Crippen molar-refractivity contribution in [1.82, 2.24) is 0 Å². The number of ether oxygens (including phenoxy) is 2. The molecule has 0 amide bonds. The monoisotopic (exact) mass is 825 g/mol. The molecule has 0 radical (unpaired) electrons. The Bertz CT molecular complexity index is 1000. The van der Waals surface area contributed by atoms with Crippen molar-refractivity contribution in [2.45, 2.75) is 243 Å². The summed E-state index contributed by atoms with van der Waals surface area (Å²) in [5.74, 6) is -1.12. The van der Waals surface area contributed by atoms with Gasteiger partial charge in [0.15, 0.2) is 6.10 Å². The summed E-state index contributed by atoms with van der Waals surface area (Å²) in [6, 6.07) is 0. The Morgan fingerprint density at radius 2 is 0.804 bits per heavy atom. The fraction of sp³-hybridized carbons (Fsp3) is 0.952. The number of hydrogen-bond donors (Lipinski definition) is 6. The molecule has 14 heteroatoms. The summed E-state index contributed by atoms with van der Waals surface area (Å²) in [6.45, 7) is 3.10. The van der Waals surface area contributed by atoms with Crippen molar-refractivity contribution >= 4 is 19.8 Å². The second kappa shape index (κ2) is 33.7. The van der Waals surface area contributed by atoms with Gasteiger partial charge >= 0.3 is 19.8 Å². The molecule has 6 N–H and O–H groups in total. The largest absolute Gasteiger partial charge is 0.472 e. The lowest BCUT2D eigenvalue weighted by atomic mass is 9.85. The molecule has 1 fully saturated rings. The molecular weight excluding hydrogens is 743 g/mol. The standard InChI is InChI=1S/C42H81O13P/c1-3-5-7-8-9-10-11-12-13-14-15-16-17-18-19-20-21-22-23-24-25-26-27-29-31-36(44)54-34(32-52-35(43)30-28-6-4-2)33-53-56(50,51)55-42-40(48)38(46)37(45)39(47)41(42)49/h34,37-42,45-49H,3-33H2,1-2H3,(H,50,51). The summed E-state index contributed by atoms with van der Waals surface area (Å²) in [4.78, 5) is 35.1. The molecule has 0 spiro atoms. The van der Waals surface area contributed by atoms with E-state index in [1.807, 2.05) is 6.92 Å². The lowest BCUT2D eigenvalue weighted by molar-refractivity contribution is -0.220. The molecule has 1 aliphatic carbocycles. The maximum Gasteiger partial charge on any atom is 0.472 e. The van der Waals surface area contributed by atoms with Crippen LogP contribution in [0.4, 0.5) is 0 Å². The van der Waals surface area contributed by atoms with Crippen LogP contribution in [0.1, 0.15) is 200 Å². The van der Waals surface area contributed by atoms with Crippen LogP contribution < -0.4 is 0 Å². The molecular formula is C42H81O13P. The van der Waals surface area contributed by atoms with Crippen LogP contribution in [-0.2, 0) is 32.7 Å². The number of aliphatic hydroxyl groups is 5. The van der Waals surface area contributed by atoms with Gasteiger partial charge in [-0.25, -0.2) is 4.57 Å². The number of aliphatic hydroxyl groups excluding tert-OH is 5. The highest BCUT2D eigenvalue weighted by atomic mass is 31.2. The first-order valence-electron chi connectivity index (χ1n) is 22.3. The first kappa shape index (κ1) is 52.9. The van der Waals surface area contributed by atoms with E-state index < -0.39 is 75.7 Å². The number of rotatable bonds is 37. The van der Waals surface area contributed by atoms with Crippen LogP contribution in [0.2, 0.25) is 0 Å². The smallest absolute Gasteiger partial charge is 0.462 e. The molecule has 6 unspecified atom stereocenters. The molecule has 0 saturated heterocycles. The van der Waals surface area contributed by atoms with Crippen LogP contribution in [0.5, 0.6) is 0 Å². The summed E-state index contributed by atoms with van der Waals surface area (Å²) >= 11 is 0. The van der Waals surface area contributed by atoms with Crippen molar-refractivity contribution < 1.29 is 63.1 Å². The molecule has 1 saturated carbocycles. The predicted octanol–water partition coefficient (Wildman–Crippen LogP) is 8.11. The number of hydrogen-bond acceptors (Lipinski definition) is 12. The van der Waals surface area contributed by atoms with Crippen LogP contribution in [-0.4, -0.2) is 98.3 Å². The van der Waals surface area contributed by atoms with E-state index in [4.69, 9.17) is 18.5 Å². The Morgan fingerprint density at radius 1 is 0.482 bits per heavy atom. The second-order valence-electron chi connectivity index (χ2n) is 15.9. The molecule has 13 nitrogen and oxygen atoms in total.